The maximum absolute atomic E-state index is 11.7. The molecule has 2 aromatic rings. The highest BCUT2D eigenvalue weighted by molar-refractivity contribution is 6.10. The number of nitrogens with two attached hydrogens (primary N) is 1. The number of rotatable bonds is 3. The lowest BCUT2D eigenvalue weighted by atomic mass is 10.0. The van der Waals surface area contributed by atoms with Crippen molar-refractivity contribution in [3.63, 3.8) is 0 Å². The van der Waals surface area contributed by atoms with Gasteiger partial charge in [-0.2, -0.15) is 0 Å². The fourth-order valence-electron chi connectivity index (χ4n) is 1.56. The van der Waals surface area contributed by atoms with Crippen LogP contribution in [0.25, 0.3) is 10.9 Å². The number of H-pyrrole nitrogens is 1. The lowest BCUT2D eigenvalue weighted by Crippen LogP contribution is -2.33. The molecule has 78 valence electrons. The number of nitrogens with one attached hydrogen (secondary N) is 1. The minimum atomic E-state index is -0.843. The first-order valence-electron chi connectivity index (χ1n) is 4.71. The molecule has 0 bridgehead atoms. The van der Waals surface area contributed by atoms with E-state index in [9.17, 15) is 4.79 Å². The minimum Gasteiger partial charge on any atom is -0.394 e. The zero-order valence-corrected chi connectivity index (χ0v) is 8.10. The molecule has 4 N–H and O–H groups in total. The van der Waals surface area contributed by atoms with E-state index in [-0.39, 0.29) is 12.4 Å². The summed E-state index contributed by atoms with van der Waals surface area (Å²) in [5, 5.41) is 9.66. The summed E-state index contributed by atoms with van der Waals surface area (Å²) in [6, 6.07) is 6.64. The van der Waals surface area contributed by atoms with E-state index >= 15 is 0 Å². The van der Waals surface area contributed by atoms with E-state index in [0.717, 1.165) is 10.9 Å². The second-order valence-electron chi connectivity index (χ2n) is 3.40. The number of aromatic amines is 1. The molecule has 0 aliphatic carbocycles. The molecule has 4 heteroatoms. The number of aliphatic hydroxyl groups is 1. The first kappa shape index (κ1) is 9.89. The van der Waals surface area contributed by atoms with Crippen molar-refractivity contribution in [1.29, 1.82) is 0 Å². The van der Waals surface area contributed by atoms with Gasteiger partial charge in [-0.3, -0.25) is 4.79 Å². The summed E-state index contributed by atoms with van der Waals surface area (Å²) in [6.45, 7) is -0.335. The summed E-state index contributed by atoms with van der Waals surface area (Å²) in [6.07, 6.45) is 1.63. The van der Waals surface area contributed by atoms with Gasteiger partial charge in [0.05, 0.1) is 12.6 Å². The number of para-hydroxylation sites is 1. The maximum Gasteiger partial charge on any atom is 0.184 e. The third-order valence-corrected chi connectivity index (χ3v) is 2.39. The van der Waals surface area contributed by atoms with Gasteiger partial charge in [-0.1, -0.05) is 18.2 Å². The Kier molecular flexibility index (Phi) is 2.53. The number of benzene rings is 1. The van der Waals surface area contributed by atoms with Crippen LogP contribution in [-0.2, 0) is 0 Å². The molecule has 0 radical (unpaired) electrons. The van der Waals surface area contributed by atoms with E-state index in [4.69, 9.17) is 10.8 Å². The van der Waals surface area contributed by atoms with Gasteiger partial charge >= 0.3 is 0 Å². The van der Waals surface area contributed by atoms with Gasteiger partial charge in [-0.25, -0.2) is 0 Å². The van der Waals surface area contributed by atoms with Crippen molar-refractivity contribution >= 4 is 16.7 Å². The van der Waals surface area contributed by atoms with E-state index in [0.29, 0.717) is 5.56 Å². The predicted octanol–water partition coefficient (Wildman–Crippen LogP) is 0.670. The number of hydrogen-bond acceptors (Lipinski definition) is 3. The van der Waals surface area contributed by atoms with Crippen molar-refractivity contribution in [3.05, 3.63) is 36.0 Å². The zero-order valence-electron chi connectivity index (χ0n) is 8.10. The Hall–Kier alpha value is -1.65. The van der Waals surface area contributed by atoms with Crippen molar-refractivity contribution < 1.29 is 9.90 Å². The molecule has 15 heavy (non-hydrogen) atoms. The molecule has 1 aromatic heterocycles. The Morgan fingerprint density at radius 1 is 1.47 bits per heavy atom. The molecule has 1 heterocycles. The van der Waals surface area contributed by atoms with Gasteiger partial charge in [0.1, 0.15) is 0 Å². The fourth-order valence-corrected chi connectivity index (χ4v) is 1.56. The number of fused-ring (bicyclic) bond motifs is 1. The number of ketones is 1. The SMILES string of the molecule is NC(CO)C(=O)c1c[nH]c2ccccc12. The zero-order chi connectivity index (χ0) is 10.8. The molecule has 1 aromatic carbocycles. The van der Waals surface area contributed by atoms with Crippen molar-refractivity contribution in [2.45, 2.75) is 6.04 Å². The quantitative estimate of drug-likeness (QED) is 0.643. The standard InChI is InChI=1S/C11H12N2O2/c12-9(6-14)11(15)8-5-13-10-4-2-1-3-7(8)10/h1-5,9,13-14H,6,12H2. The fraction of sp³-hybridized carbons (Fsp3) is 0.182. The average molecular weight is 204 g/mol. The van der Waals surface area contributed by atoms with Gasteiger partial charge < -0.3 is 15.8 Å². The highest BCUT2D eigenvalue weighted by atomic mass is 16.3. The normalized spacial score (nSPS) is 12.9. The van der Waals surface area contributed by atoms with E-state index in [2.05, 4.69) is 4.98 Å². The van der Waals surface area contributed by atoms with E-state index in [1.165, 1.54) is 0 Å². The van der Waals surface area contributed by atoms with Gasteiger partial charge in [0, 0.05) is 22.7 Å². The van der Waals surface area contributed by atoms with Crippen LogP contribution < -0.4 is 5.73 Å². The van der Waals surface area contributed by atoms with Crippen LogP contribution in [-0.4, -0.2) is 28.5 Å². The molecular weight excluding hydrogens is 192 g/mol. The third-order valence-electron chi connectivity index (χ3n) is 2.39. The molecule has 0 saturated heterocycles. The Morgan fingerprint density at radius 2 is 2.20 bits per heavy atom. The van der Waals surface area contributed by atoms with Crippen LogP contribution in [0.2, 0.25) is 0 Å². The first-order chi connectivity index (χ1) is 7.24. The van der Waals surface area contributed by atoms with Gasteiger partial charge in [0.2, 0.25) is 0 Å². The second kappa shape index (κ2) is 3.84. The minimum absolute atomic E-state index is 0.241. The molecule has 1 unspecified atom stereocenters. The molecule has 0 aliphatic rings. The first-order valence-corrected chi connectivity index (χ1v) is 4.71. The van der Waals surface area contributed by atoms with E-state index in [1.807, 2.05) is 24.3 Å². The van der Waals surface area contributed by atoms with Crippen LogP contribution in [0.15, 0.2) is 30.5 Å². The highest BCUT2D eigenvalue weighted by Crippen LogP contribution is 2.18. The Bertz CT molecular complexity index is 490. The molecule has 1 atom stereocenters. The second-order valence-corrected chi connectivity index (χ2v) is 3.40. The molecule has 0 saturated carbocycles. The molecule has 2 rings (SSSR count). The number of carbonyl (C=O) groups is 1. The molecule has 0 fully saturated rings. The molecule has 4 nitrogen and oxygen atoms in total. The van der Waals surface area contributed by atoms with Crippen LogP contribution in [0.1, 0.15) is 10.4 Å². The van der Waals surface area contributed by atoms with E-state index < -0.39 is 6.04 Å². The van der Waals surface area contributed by atoms with Crippen LogP contribution in [0.5, 0.6) is 0 Å². The monoisotopic (exact) mass is 204 g/mol. The van der Waals surface area contributed by atoms with Crippen LogP contribution in [0.4, 0.5) is 0 Å². The Morgan fingerprint density at radius 3 is 2.93 bits per heavy atom. The molecular formula is C11H12N2O2. The topological polar surface area (TPSA) is 79.1 Å². The summed E-state index contributed by atoms with van der Waals surface area (Å²) in [4.78, 5) is 14.7. The number of carbonyl (C=O) groups excluding carboxylic acids is 1. The van der Waals surface area contributed by atoms with Crippen LogP contribution in [0, 0.1) is 0 Å². The van der Waals surface area contributed by atoms with Crippen LogP contribution >= 0.6 is 0 Å². The summed E-state index contributed by atoms with van der Waals surface area (Å²) < 4.78 is 0. The summed E-state index contributed by atoms with van der Waals surface area (Å²) >= 11 is 0. The van der Waals surface area contributed by atoms with Gasteiger partial charge in [0.15, 0.2) is 5.78 Å². The largest absolute Gasteiger partial charge is 0.394 e. The van der Waals surface area contributed by atoms with Crippen molar-refractivity contribution in [3.8, 4) is 0 Å². The lowest BCUT2D eigenvalue weighted by Gasteiger charge is -2.05. The number of aliphatic hydroxyl groups excluding tert-OH is 1. The maximum atomic E-state index is 11.7. The number of Topliss-reactive ketones (excluding diaryl/α,β-unsaturated/α-hetero) is 1. The van der Waals surface area contributed by atoms with Crippen LogP contribution in [0.3, 0.4) is 0 Å². The lowest BCUT2D eigenvalue weighted by molar-refractivity contribution is 0.0927. The molecule has 0 amide bonds. The summed E-state index contributed by atoms with van der Waals surface area (Å²) in [5.74, 6) is -0.241. The van der Waals surface area contributed by atoms with Crippen molar-refractivity contribution in [1.82, 2.24) is 4.98 Å². The number of aromatic nitrogens is 1. The highest BCUT2D eigenvalue weighted by Gasteiger charge is 2.17. The van der Waals surface area contributed by atoms with Gasteiger partial charge in [-0.15, -0.1) is 0 Å². The van der Waals surface area contributed by atoms with Gasteiger partial charge in [0.25, 0.3) is 0 Å². The smallest absolute Gasteiger partial charge is 0.184 e. The summed E-state index contributed by atoms with van der Waals surface area (Å²) in [5.41, 5.74) is 6.91. The van der Waals surface area contributed by atoms with Crippen molar-refractivity contribution in [2.24, 2.45) is 5.73 Å². The Balaban J connectivity index is 2.48. The van der Waals surface area contributed by atoms with E-state index in [1.54, 1.807) is 6.20 Å². The summed E-state index contributed by atoms with van der Waals surface area (Å²) in [7, 11) is 0. The molecule has 0 spiro atoms. The van der Waals surface area contributed by atoms with Crippen molar-refractivity contribution in [2.75, 3.05) is 6.61 Å². The molecule has 0 aliphatic heterocycles. The average Bonchev–Trinajstić information content (AvgIpc) is 2.70. The number of hydrogen-bond donors (Lipinski definition) is 3. The predicted molar refractivity (Wildman–Crippen MR) is 57.7 cm³/mol. The third kappa shape index (κ3) is 1.65. The van der Waals surface area contributed by atoms with Gasteiger partial charge in [-0.05, 0) is 6.07 Å². The Labute approximate surface area is 86.7 Å².